The third kappa shape index (κ3) is 5.71. The lowest BCUT2D eigenvalue weighted by atomic mass is 9.92. The third-order valence-electron chi connectivity index (χ3n) is 6.44. The van der Waals surface area contributed by atoms with Crippen LogP contribution in [0.2, 0.25) is 10.0 Å². The molecule has 0 bridgehead atoms. The molecule has 0 aliphatic carbocycles. The third-order valence-corrected chi connectivity index (χ3v) is 9.29. The smallest absolute Gasteiger partial charge is 0.246 e. The lowest BCUT2D eigenvalue weighted by molar-refractivity contribution is -0.127. The van der Waals surface area contributed by atoms with Gasteiger partial charge in [0.15, 0.2) is 11.5 Å². The van der Waals surface area contributed by atoms with Crippen LogP contribution in [0, 0.1) is 11.8 Å². The lowest BCUT2D eigenvalue weighted by Gasteiger charge is -2.32. The van der Waals surface area contributed by atoms with Gasteiger partial charge in [0.1, 0.15) is 4.90 Å². The molecule has 0 radical (unpaired) electrons. The number of rotatable bonds is 6. The Labute approximate surface area is 216 Å². The zero-order valence-electron chi connectivity index (χ0n) is 19.8. The normalized spacial score (nSPS) is 18.2. The van der Waals surface area contributed by atoms with Gasteiger partial charge in [0.2, 0.25) is 15.9 Å². The Morgan fingerprint density at radius 3 is 2.29 bits per heavy atom. The van der Waals surface area contributed by atoms with Gasteiger partial charge in [0, 0.05) is 25.4 Å². The maximum atomic E-state index is 13.2. The largest absolute Gasteiger partial charge is 0.490 e. The number of carbonyl (C=O) groups is 1. The fourth-order valence-corrected chi connectivity index (χ4v) is 7.06. The zero-order chi connectivity index (χ0) is 25.2. The van der Waals surface area contributed by atoms with Crippen molar-refractivity contribution < 1.29 is 22.7 Å². The molecule has 1 saturated heterocycles. The molecule has 2 aliphatic rings. The minimum absolute atomic E-state index is 0.0800. The van der Waals surface area contributed by atoms with Gasteiger partial charge in [-0.2, -0.15) is 4.31 Å². The molecule has 1 atom stereocenters. The molecule has 1 fully saturated rings. The van der Waals surface area contributed by atoms with E-state index < -0.39 is 10.0 Å². The molecule has 2 aromatic rings. The number of benzene rings is 2. The number of halogens is 2. The van der Waals surface area contributed by atoms with Crippen LogP contribution in [0.15, 0.2) is 41.3 Å². The average molecular weight is 541 g/mol. The van der Waals surface area contributed by atoms with E-state index in [4.69, 9.17) is 32.7 Å². The van der Waals surface area contributed by atoms with Crippen molar-refractivity contribution in [3.05, 3.63) is 52.0 Å². The molecule has 0 aromatic heterocycles. The summed E-state index contributed by atoms with van der Waals surface area (Å²) in [6, 6.07) is 10.2. The van der Waals surface area contributed by atoms with E-state index in [0.717, 1.165) is 12.0 Å². The average Bonchev–Trinajstić information content (AvgIpc) is 3.07. The van der Waals surface area contributed by atoms with Gasteiger partial charge < -0.3 is 14.8 Å². The van der Waals surface area contributed by atoms with Crippen LogP contribution in [0.1, 0.15) is 44.7 Å². The summed E-state index contributed by atoms with van der Waals surface area (Å²) in [6.45, 7) is 5.76. The van der Waals surface area contributed by atoms with Crippen molar-refractivity contribution in [1.29, 1.82) is 0 Å². The van der Waals surface area contributed by atoms with Crippen LogP contribution >= 0.6 is 23.2 Å². The molecule has 2 aromatic carbocycles. The first kappa shape index (κ1) is 26.1. The summed E-state index contributed by atoms with van der Waals surface area (Å²) < 4.78 is 39.2. The number of amides is 1. The summed E-state index contributed by atoms with van der Waals surface area (Å²) in [6.07, 6.45) is 1.66. The first-order valence-electron chi connectivity index (χ1n) is 11.8. The molecule has 0 spiro atoms. The van der Waals surface area contributed by atoms with E-state index in [-0.39, 0.29) is 51.8 Å². The molecule has 35 heavy (non-hydrogen) atoms. The molecule has 2 aliphatic heterocycles. The minimum Gasteiger partial charge on any atom is -0.490 e. The standard InChI is InChI=1S/C25H30Cl2N2O5S/c1-16(2)23(18-7-8-21-22(15-18)34-14-4-13-33-21)28-25(30)17-9-11-29(12-10-17)35(31,32)24-19(26)5-3-6-20(24)27/h3,5-8,15-17,23H,4,9-14H2,1-2H3,(H,28,30)/t23-/m1/s1. The Kier molecular flexibility index (Phi) is 8.16. The van der Waals surface area contributed by atoms with Gasteiger partial charge in [-0.3, -0.25) is 4.79 Å². The Hall–Kier alpha value is -2.00. The maximum Gasteiger partial charge on any atom is 0.246 e. The summed E-state index contributed by atoms with van der Waals surface area (Å²) in [7, 11) is -3.85. The number of hydrogen-bond acceptors (Lipinski definition) is 5. The quantitative estimate of drug-likeness (QED) is 0.552. The van der Waals surface area contributed by atoms with Gasteiger partial charge in [-0.25, -0.2) is 8.42 Å². The highest BCUT2D eigenvalue weighted by Crippen LogP contribution is 2.36. The summed E-state index contributed by atoms with van der Waals surface area (Å²) in [5, 5.41) is 3.36. The molecule has 1 amide bonds. The van der Waals surface area contributed by atoms with E-state index in [9.17, 15) is 13.2 Å². The zero-order valence-corrected chi connectivity index (χ0v) is 22.1. The van der Waals surface area contributed by atoms with Crippen molar-refractivity contribution in [1.82, 2.24) is 9.62 Å². The molecule has 0 unspecified atom stereocenters. The summed E-state index contributed by atoms with van der Waals surface area (Å²) >= 11 is 12.3. The number of nitrogens with zero attached hydrogens (tertiary/aromatic N) is 1. The number of piperidine rings is 1. The van der Waals surface area contributed by atoms with Gasteiger partial charge in [0.25, 0.3) is 0 Å². The van der Waals surface area contributed by atoms with Gasteiger partial charge in [-0.15, -0.1) is 0 Å². The van der Waals surface area contributed by atoms with Crippen LogP contribution < -0.4 is 14.8 Å². The van der Waals surface area contributed by atoms with Crippen LogP contribution in [0.5, 0.6) is 11.5 Å². The summed E-state index contributed by atoms with van der Waals surface area (Å²) in [5.41, 5.74) is 0.950. The van der Waals surface area contributed by atoms with E-state index >= 15 is 0 Å². The van der Waals surface area contributed by atoms with Crippen LogP contribution in [0.25, 0.3) is 0 Å². The first-order valence-corrected chi connectivity index (χ1v) is 14.0. The van der Waals surface area contributed by atoms with Crippen LogP contribution in [-0.4, -0.2) is 44.9 Å². The summed E-state index contributed by atoms with van der Waals surface area (Å²) in [5.74, 6) is 1.18. The molecule has 4 rings (SSSR count). The van der Waals surface area contributed by atoms with Gasteiger partial charge in [-0.1, -0.05) is 49.2 Å². The molecular weight excluding hydrogens is 511 g/mol. The number of sulfonamides is 1. The molecule has 10 heteroatoms. The highest BCUT2D eigenvalue weighted by Gasteiger charge is 2.35. The number of hydrogen-bond donors (Lipinski definition) is 1. The Morgan fingerprint density at radius 1 is 1.03 bits per heavy atom. The van der Waals surface area contributed by atoms with E-state index in [1.807, 2.05) is 18.2 Å². The van der Waals surface area contributed by atoms with Crippen molar-refractivity contribution in [2.24, 2.45) is 11.8 Å². The van der Waals surface area contributed by atoms with E-state index in [0.29, 0.717) is 37.6 Å². The summed E-state index contributed by atoms with van der Waals surface area (Å²) in [4.78, 5) is 13.1. The van der Waals surface area contributed by atoms with E-state index in [1.54, 1.807) is 6.07 Å². The topological polar surface area (TPSA) is 84.9 Å². The predicted molar refractivity (Wildman–Crippen MR) is 136 cm³/mol. The Balaban J connectivity index is 1.43. The maximum absolute atomic E-state index is 13.2. The van der Waals surface area contributed by atoms with E-state index in [2.05, 4.69) is 19.2 Å². The van der Waals surface area contributed by atoms with Crippen molar-refractivity contribution in [3.63, 3.8) is 0 Å². The van der Waals surface area contributed by atoms with Crippen molar-refractivity contribution >= 4 is 39.1 Å². The van der Waals surface area contributed by atoms with Gasteiger partial charge >= 0.3 is 0 Å². The fourth-order valence-electron chi connectivity index (χ4n) is 4.50. The minimum atomic E-state index is -3.85. The second-order valence-electron chi connectivity index (χ2n) is 9.22. The predicted octanol–water partition coefficient (Wildman–Crippen LogP) is 5.07. The van der Waals surface area contributed by atoms with Crippen LogP contribution in [0.4, 0.5) is 0 Å². The number of carbonyl (C=O) groups excluding carboxylic acids is 1. The Bertz CT molecular complexity index is 1160. The number of nitrogens with one attached hydrogen (secondary N) is 1. The molecule has 7 nitrogen and oxygen atoms in total. The highest BCUT2D eigenvalue weighted by atomic mass is 35.5. The second-order valence-corrected chi connectivity index (χ2v) is 11.9. The Morgan fingerprint density at radius 2 is 1.66 bits per heavy atom. The van der Waals surface area contributed by atoms with Gasteiger partial charge in [-0.05, 0) is 48.6 Å². The van der Waals surface area contributed by atoms with Gasteiger partial charge in [0.05, 0.1) is 29.3 Å². The number of fused-ring (bicyclic) bond motifs is 1. The monoisotopic (exact) mass is 540 g/mol. The molecule has 0 saturated carbocycles. The molecular formula is C25H30Cl2N2O5S. The van der Waals surface area contributed by atoms with Crippen molar-refractivity contribution in [2.45, 2.75) is 44.0 Å². The van der Waals surface area contributed by atoms with Crippen molar-refractivity contribution in [2.75, 3.05) is 26.3 Å². The highest BCUT2D eigenvalue weighted by molar-refractivity contribution is 7.89. The second kappa shape index (κ2) is 10.9. The van der Waals surface area contributed by atoms with Crippen LogP contribution in [-0.2, 0) is 14.8 Å². The lowest BCUT2D eigenvalue weighted by Crippen LogP contribution is -2.44. The first-order chi connectivity index (χ1) is 16.7. The van der Waals surface area contributed by atoms with Crippen molar-refractivity contribution in [3.8, 4) is 11.5 Å². The van der Waals surface area contributed by atoms with E-state index in [1.165, 1.54) is 16.4 Å². The fraction of sp³-hybridized carbons (Fsp3) is 0.480. The SMILES string of the molecule is CC(C)[C@@H](NC(=O)C1CCN(S(=O)(=O)c2c(Cl)cccc2Cl)CC1)c1ccc2c(c1)OCCCO2. The molecule has 190 valence electrons. The molecule has 2 heterocycles. The van der Waals surface area contributed by atoms with Crippen LogP contribution in [0.3, 0.4) is 0 Å². The number of ether oxygens (including phenoxy) is 2. The molecule has 1 N–H and O–H groups in total.